The third kappa shape index (κ3) is 4.53. The Morgan fingerprint density at radius 2 is 2.35 bits per heavy atom. The molecule has 2 heterocycles. The summed E-state index contributed by atoms with van der Waals surface area (Å²) in [6.45, 7) is 4.75. The number of nitrogens with zero attached hydrogens (tertiary/aromatic N) is 3. The molecule has 0 radical (unpaired) electrons. The molecule has 1 aromatic carbocycles. The topological polar surface area (TPSA) is 71.8 Å². The highest BCUT2D eigenvalue weighted by molar-refractivity contribution is 5.91. The summed E-state index contributed by atoms with van der Waals surface area (Å²) in [5.74, 6) is 0.342. The third-order valence-corrected chi connectivity index (χ3v) is 3.94. The van der Waals surface area contributed by atoms with Crippen LogP contribution in [0.5, 0.6) is 0 Å². The fraction of sp³-hybridized carbons (Fsp3) is 0.438. The van der Waals surface area contributed by atoms with Gasteiger partial charge in [-0.1, -0.05) is 17.3 Å². The van der Waals surface area contributed by atoms with Crippen LogP contribution in [0.4, 0.5) is 0 Å². The van der Waals surface area contributed by atoms with Gasteiger partial charge in [0.05, 0.1) is 11.9 Å². The number of hydrogen-bond acceptors (Lipinski definition) is 4. The van der Waals surface area contributed by atoms with Gasteiger partial charge in [-0.15, -0.1) is 17.5 Å². The Balaban J connectivity index is 0.00000192. The minimum atomic E-state index is -0.163. The van der Waals surface area contributed by atoms with E-state index < -0.39 is 0 Å². The predicted molar refractivity (Wildman–Crippen MR) is 91.3 cm³/mol. The van der Waals surface area contributed by atoms with Crippen molar-refractivity contribution in [3.63, 3.8) is 0 Å². The largest absolute Gasteiger partial charge is 0.350 e. The van der Waals surface area contributed by atoms with Crippen LogP contribution in [0.15, 0.2) is 30.5 Å². The van der Waals surface area contributed by atoms with Crippen LogP contribution in [0.1, 0.15) is 28.9 Å². The number of aryl methyl sites for hydroxylation is 1. The Kier molecular flexibility index (Phi) is 6.12. The van der Waals surface area contributed by atoms with Gasteiger partial charge < -0.3 is 10.6 Å². The molecule has 1 atom stereocenters. The number of piperidine rings is 1. The molecule has 3 rings (SSSR count). The van der Waals surface area contributed by atoms with E-state index >= 15 is 0 Å². The average molecular weight is 336 g/mol. The Labute approximate surface area is 142 Å². The van der Waals surface area contributed by atoms with Crippen molar-refractivity contribution in [3.05, 3.63) is 41.7 Å². The SMILES string of the molecule is Cc1cccc(-n2cc(C(=O)NCC3CCCNC3)nn2)c1.Cl. The minimum Gasteiger partial charge on any atom is -0.350 e. The predicted octanol–water partition coefficient (Wildman–Crippen LogP) is 1.73. The van der Waals surface area contributed by atoms with E-state index in [9.17, 15) is 4.79 Å². The van der Waals surface area contributed by atoms with Gasteiger partial charge in [-0.3, -0.25) is 4.79 Å². The van der Waals surface area contributed by atoms with Crippen molar-refractivity contribution < 1.29 is 4.79 Å². The molecule has 0 aliphatic carbocycles. The van der Waals surface area contributed by atoms with Gasteiger partial charge in [-0.05, 0) is 56.5 Å². The number of rotatable bonds is 4. The molecule has 1 amide bonds. The number of carbonyl (C=O) groups is 1. The summed E-state index contributed by atoms with van der Waals surface area (Å²) in [4.78, 5) is 12.2. The Morgan fingerprint density at radius 3 is 3.09 bits per heavy atom. The number of benzene rings is 1. The number of halogens is 1. The molecule has 0 spiro atoms. The van der Waals surface area contributed by atoms with E-state index in [2.05, 4.69) is 20.9 Å². The van der Waals surface area contributed by atoms with E-state index in [1.165, 1.54) is 6.42 Å². The second kappa shape index (κ2) is 8.08. The fourth-order valence-electron chi connectivity index (χ4n) is 2.69. The van der Waals surface area contributed by atoms with Crippen molar-refractivity contribution >= 4 is 18.3 Å². The highest BCUT2D eigenvalue weighted by Crippen LogP contribution is 2.10. The number of aromatic nitrogens is 3. The summed E-state index contributed by atoms with van der Waals surface area (Å²) in [6.07, 6.45) is 4.00. The quantitative estimate of drug-likeness (QED) is 0.892. The molecule has 6 nitrogen and oxygen atoms in total. The van der Waals surface area contributed by atoms with Crippen molar-refractivity contribution in [1.82, 2.24) is 25.6 Å². The maximum Gasteiger partial charge on any atom is 0.273 e. The molecule has 1 aromatic heterocycles. The smallest absolute Gasteiger partial charge is 0.273 e. The van der Waals surface area contributed by atoms with Crippen LogP contribution < -0.4 is 10.6 Å². The van der Waals surface area contributed by atoms with Crippen molar-refractivity contribution in [2.24, 2.45) is 5.92 Å². The number of hydrogen-bond donors (Lipinski definition) is 2. The fourth-order valence-corrected chi connectivity index (χ4v) is 2.69. The van der Waals surface area contributed by atoms with Gasteiger partial charge in [0.2, 0.25) is 0 Å². The third-order valence-electron chi connectivity index (χ3n) is 3.94. The van der Waals surface area contributed by atoms with Crippen LogP contribution in [0, 0.1) is 12.8 Å². The molecule has 7 heteroatoms. The van der Waals surface area contributed by atoms with Crippen molar-refractivity contribution in [2.45, 2.75) is 19.8 Å². The molecule has 1 unspecified atom stereocenters. The Bertz CT molecular complexity index is 651. The van der Waals surface area contributed by atoms with Gasteiger partial charge >= 0.3 is 0 Å². The van der Waals surface area contributed by atoms with Crippen LogP contribution in [0.2, 0.25) is 0 Å². The van der Waals surface area contributed by atoms with Crippen LogP contribution in [0.25, 0.3) is 5.69 Å². The summed E-state index contributed by atoms with van der Waals surface area (Å²) in [7, 11) is 0. The van der Waals surface area contributed by atoms with E-state index in [1.807, 2.05) is 31.2 Å². The van der Waals surface area contributed by atoms with Gasteiger partial charge in [-0.2, -0.15) is 0 Å². The molecule has 0 saturated carbocycles. The maximum atomic E-state index is 12.2. The van der Waals surface area contributed by atoms with Crippen LogP contribution in [0.3, 0.4) is 0 Å². The molecule has 1 fully saturated rings. The molecule has 23 heavy (non-hydrogen) atoms. The van der Waals surface area contributed by atoms with Gasteiger partial charge in [0.15, 0.2) is 5.69 Å². The first-order valence-corrected chi connectivity index (χ1v) is 7.70. The second-order valence-corrected chi connectivity index (χ2v) is 5.81. The minimum absolute atomic E-state index is 0. The van der Waals surface area contributed by atoms with E-state index in [4.69, 9.17) is 0 Å². The van der Waals surface area contributed by atoms with E-state index in [1.54, 1.807) is 10.9 Å². The number of amides is 1. The molecule has 1 saturated heterocycles. The first-order chi connectivity index (χ1) is 10.7. The Morgan fingerprint density at radius 1 is 1.48 bits per heavy atom. The monoisotopic (exact) mass is 335 g/mol. The molecule has 2 N–H and O–H groups in total. The Hall–Kier alpha value is -1.92. The van der Waals surface area contributed by atoms with E-state index in [0.717, 1.165) is 30.8 Å². The second-order valence-electron chi connectivity index (χ2n) is 5.81. The van der Waals surface area contributed by atoms with E-state index in [0.29, 0.717) is 18.2 Å². The van der Waals surface area contributed by atoms with Gasteiger partial charge in [-0.25, -0.2) is 4.68 Å². The molecular weight excluding hydrogens is 314 g/mol. The lowest BCUT2D eigenvalue weighted by atomic mass is 10.00. The first-order valence-electron chi connectivity index (χ1n) is 7.70. The molecule has 124 valence electrons. The summed E-state index contributed by atoms with van der Waals surface area (Å²) in [5.41, 5.74) is 2.40. The molecule has 2 aromatic rings. The summed E-state index contributed by atoms with van der Waals surface area (Å²) in [5, 5.41) is 14.3. The van der Waals surface area contributed by atoms with Gasteiger partial charge in [0, 0.05) is 6.54 Å². The first kappa shape index (κ1) is 17.4. The zero-order valence-electron chi connectivity index (χ0n) is 13.2. The van der Waals surface area contributed by atoms with Crippen LogP contribution in [-0.2, 0) is 0 Å². The highest BCUT2D eigenvalue weighted by atomic mass is 35.5. The lowest BCUT2D eigenvalue weighted by Gasteiger charge is -2.22. The molecule has 1 aliphatic heterocycles. The van der Waals surface area contributed by atoms with Crippen LogP contribution >= 0.6 is 12.4 Å². The summed E-state index contributed by atoms with van der Waals surface area (Å²) >= 11 is 0. The summed E-state index contributed by atoms with van der Waals surface area (Å²) in [6, 6.07) is 7.93. The van der Waals surface area contributed by atoms with Crippen molar-refractivity contribution in [1.29, 1.82) is 0 Å². The zero-order chi connectivity index (χ0) is 15.4. The molecular formula is C16H22ClN5O. The van der Waals surface area contributed by atoms with Gasteiger partial charge in [0.25, 0.3) is 5.91 Å². The highest BCUT2D eigenvalue weighted by Gasteiger charge is 2.16. The standard InChI is InChI=1S/C16H21N5O.ClH/c1-12-4-2-6-14(8-12)21-11-15(19-20-21)16(22)18-10-13-5-3-7-17-9-13;/h2,4,6,8,11,13,17H,3,5,7,9-10H2,1H3,(H,18,22);1H. The van der Waals surface area contributed by atoms with Crippen molar-refractivity contribution in [3.8, 4) is 5.69 Å². The zero-order valence-corrected chi connectivity index (χ0v) is 14.0. The maximum absolute atomic E-state index is 12.2. The average Bonchev–Trinajstić information content (AvgIpc) is 3.04. The molecule has 1 aliphatic rings. The normalized spacial score (nSPS) is 17.3. The van der Waals surface area contributed by atoms with E-state index in [-0.39, 0.29) is 18.3 Å². The van der Waals surface area contributed by atoms with Crippen LogP contribution in [-0.4, -0.2) is 40.5 Å². The number of nitrogens with one attached hydrogen (secondary N) is 2. The summed E-state index contributed by atoms with van der Waals surface area (Å²) < 4.78 is 1.63. The molecule has 0 bridgehead atoms. The van der Waals surface area contributed by atoms with Gasteiger partial charge in [0.1, 0.15) is 0 Å². The number of carbonyl (C=O) groups excluding carboxylic acids is 1. The van der Waals surface area contributed by atoms with Crippen molar-refractivity contribution in [2.75, 3.05) is 19.6 Å². The lowest BCUT2D eigenvalue weighted by molar-refractivity contribution is 0.0939. The lowest BCUT2D eigenvalue weighted by Crippen LogP contribution is -2.38.